The van der Waals surface area contributed by atoms with Crippen LogP contribution >= 0.6 is 12.2 Å². The van der Waals surface area contributed by atoms with Gasteiger partial charge in [0.25, 0.3) is 0 Å². The molecule has 0 atom stereocenters. The van der Waals surface area contributed by atoms with E-state index in [1.165, 1.54) is 0 Å². The quantitative estimate of drug-likeness (QED) is 0.776. The molecule has 0 saturated heterocycles. The van der Waals surface area contributed by atoms with Gasteiger partial charge in [-0.15, -0.1) is 0 Å². The lowest BCUT2D eigenvalue weighted by atomic mass is 10.6. The van der Waals surface area contributed by atoms with Crippen LogP contribution in [-0.2, 0) is 6.54 Å². The van der Waals surface area contributed by atoms with Gasteiger partial charge in [0.05, 0.1) is 0 Å². The van der Waals surface area contributed by atoms with Crippen LogP contribution in [0.15, 0.2) is 24.8 Å². The van der Waals surface area contributed by atoms with Crippen LogP contribution in [0.3, 0.4) is 0 Å². The fraction of sp³-hybridized carbons (Fsp3) is 0.222. The summed E-state index contributed by atoms with van der Waals surface area (Å²) in [5.41, 5.74) is 5.57. The zero-order chi connectivity index (χ0) is 10.8. The van der Waals surface area contributed by atoms with Crippen molar-refractivity contribution >= 4 is 17.2 Å². The summed E-state index contributed by atoms with van der Waals surface area (Å²) in [6.07, 6.45) is 7.09. The second-order valence-corrected chi connectivity index (χ2v) is 3.44. The Labute approximate surface area is 92.6 Å². The van der Waals surface area contributed by atoms with Crippen molar-refractivity contribution in [2.45, 2.75) is 13.5 Å². The number of rotatable bonds is 3. The Morgan fingerprint density at radius 1 is 1.40 bits per heavy atom. The Morgan fingerprint density at radius 2 is 2.13 bits per heavy atom. The summed E-state index contributed by atoms with van der Waals surface area (Å²) in [4.78, 5) is 8.60. The van der Waals surface area contributed by atoms with Crippen LogP contribution in [-0.4, -0.2) is 24.1 Å². The van der Waals surface area contributed by atoms with E-state index in [1.54, 1.807) is 23.2 Å². The van der Waals surface area contributed by atoms with Crippen LogP contribution in [0.25, 0.3) is 5.95 Å². The first-order valence-electron chi connectivity index (χ1n) is 4.58. The van der Waals surface area contributed by atoms with E-state index in [9.17, 15) is 0 Å². The predicted molar refractivity (Wildman–Crippen MR) is 60.9 cm³/mol. The lowest BCUT2D eigenvalue weighted by Crippen LogP contribution is -2.18. The lowest BCUT2D eigenvalue weighted by Gasteiger charge is -2.07. The zero-order valence-corrected chi connectivity index (χ0v) is 9.11. The Kier molecular flexibility index (Phi) is 2.51. The maximum Gasteiger partial charge on any atom is 0.215 e. The van der Waals surface area contributed by atoms with Crippen molar-refractivity contribution in [1.82, 2.24) is 19.1 Å². The standard InChI is InChI=1S/C9H11N5S/c1-2-13-5-3-12-9(13)14-6-4-11-8(14)7(10)15/h3-6H,2H2,1H3,(H2,10,15). The third kappa shape index (κ3) is 1.63. The topological polar surface area (TPSA) is 61.7 Å². The van der Waals surface area contributed by atoms with E-state index in [-0.39, 0.29) is 4.99 Å². The van der Waals surface area contributed by atoms with Crippen LogP contribution in [0.1, 0.15) is 12.7 Å². The Balaban J connectivity index is 2.54. The zero-order valence-electron chi connectivity index (χ0n) is 8.29. The smallest absolute Gasteiger partial charge is 0.215 e. The van der Waals surface area contributed by atoms with Crippen LogP contribution in [0.5, 0.6) is 0 Å². The minimum atomic E-state index is 0.269. The van der Waals surface area contributed by atoms with Gasteiger partial charge in [0, 0.05) is 31.3 Å². The minimum absolute atomic E-state index is 0.269. The molecule has 0 bridgehead atoms. The fourth-order valence-electron chi connectivity index (χ4n) is 1.42. The average Bonchev–Trinajstić information content (AvgIpc) is 2.85. The molecule has 0 spiro atoms. The number of aryl methyl sites for hydroxylation is 1. The first-order valence-corrected chi connectivity index (χ1v) is 4.99. The highest BCUT2D eigenvalue weighted by atomic mass is 32.1. The highest BCUT2D eigenvalue weighted by Crippen LogP contribution is 2.08. The average molecular weight is 221 g/mol. The molecule has 2 aromatic heterocycles. The molecule has 0 aliphatic heterocycles. The number of nitrogens with two attached hydrogens (primary N) is 1. The molecular weight excluding hydrogens is 210 g/mol. The van der Waals surface area contributed by atoms with E-state index >= 15 is 0 Å². The van der Waals surface area contributed by atoms with Crippen molar-refractivity contribution in [2.24, 2.45) is 5.73 Å². The predicted octanol–water partition coefficient (Wildman–Crippen LogP) is 0.723. The summed E-state index contributed by atoms with van der Waals surface area (Å²) in [7, 11) is 0. The molecule has 5 nitrogen and oxygen atoms in total. The SMILES string of the molecule is CCn1ccnc1-n1ccnc1C(N)=S. The van der Waals surface area contributed by atoms with Gasteiger partial charge in [0.2, 0.25) is 5.95 Å². The number of aromatic nitrogens is 4. The van der Waals surface area contributed by atoms with Crippen molar-refractivity contribution in [3.05, 3.63) is 30.6 Å². The molecular formula is C9H11N5S. The molecule has 0 fully saturated rings. The van der Waals surface area contributed by atoms with Gasteiger partial charge >= 0.3 is 0 Å². The molecule has 2 N–H and O–H groups in total. The fourth-order valence-corrected chi connectivity index (χ4v) is 1.57. The minimum Gasteiger partial charge on any atom is -0.387 e. The maximum absolute atomic E-state index is 5.57. The molecule has 0 aromatic carbocycles. The Morgan fingerprint density at radius 3 is 2.80 bits per heavy atom. The van der Waals surface area contributed by atoms with Crippen molar-refractivity contribution in [3.63, 3.8) is 0 Å². The van der Waals surface area contributed by atoms with Gasteiger partial charge in [-0.25, -0.2) is 9.97 Å². The molecule has 2 rings (SSSR count). The summed E-state index contributed by atoms with van der Waals surface area (Å²) in [6.45, 7) is 2.88. The molecule has 0 aliphatic rings. The highest BCUT2D eigenvalue weighted by Gasteiger charge is 2.10. The maximum atomic E-state index is 5.57. The largest absolute Gasteiger partial charge is 0.387 e. The molecule has 0 unspecified atom stereocenters. The van der Waals surface area contributed by atoms with Crippen LogP contribution in [0.4, 0.5) is 0 Å². The van der Waals surface area contributed by atoms with Gasteiger partial charge in [-0.3, -0.25) is 4.57 Å². The summed E-state index contributed by atoms with van der Waals surface area (Å²) < 4.78 is 3.77. The second-order valence-electron chi connectivity index (χ2n) is 3.00. The van der Waals surface area contributed by atoms with E-state index in [0.29, 0.717) is 5.82 Å². The highest BCUT2D eigenvalue weighted by molar-refractivity contribution is 7.80. The number of thiocarbonyl (C=S) groups is 1. The molecule has 0 aliphatic carbocycles. The van der Waals surface area contributed by atoms with Crippen LogP contribution in [0.2, 0.25) is 0 Å². The molecule has 0 saturated carbocycles. The first-order chi connectivity index (χ1) is 7.24. The molecule has 15 heavy (non-hydrogen) atoms. The first kappa shape index (κ1) is 9.85. The van der Waals surface area contributed by atoms with E-state index in [4.69, 9.17) is 18.0 Å². The van der Waals surface area contributed by atoms with E-state index in [1.807, 2.05) is 17.7 Å². The molecule has 78 valence electrons. The van der Waals surface area contributed by atoms with E-state index < -0.39 is 0 Å². The summed E-state index contributed by atoms with van der Waals surface area (Å²) in [5.74, 6) is 1.34. The number of hydrogen-bond acceptors (Lipinski definition) is 3. The third-order valence-electron chi connectivity index (χ3n) is 2.11. The molecule has 2 heterocycles. The molecule has 2 aromatic rings. The number of nitrogens with zero attached hydrogens (tertiary/aromatic N) is 4. The Hall–Kier alpha value is -1.69. The van der Waals surface area contributed by atoms with Crippen molar-refractivity contribution in [2.75, 3.05) is 0 Å². The van der Waals surface area contributed by atoms with Crippen LogP contribution < -0.4 is 5.73 Å². The van der Waals surface area contributed by atoms with Gasteiger partial charge in [0.1, 0.15) is 4.99 Å². The van der Waals surface area contributed by atoms with Gasteiger partial charge in [-0.2, -0.15) is 0 Å². The Bertz CT molecular complexity index is 484. The summed E-state index contributed by atoms with van der Waals surface area (Å²) in [5, 5.41) is 0. The van der Waals surface area contributed by atoms with Gasteiger partial charge < -0.3 is 10.3 Å². The molecule has 6 heteroatoms. The second kappa shape index (κ2) is 3.82. The van der Waals surface area contributed by atoms with E-state index in [2.05, 4.69) is 9.97 Å². The summed E-state index contributed by atoms with van der Waals surface area (Å²) >= 11 is 4.91. The van der Waals surface area contributed by atoms with Crippen molar-refractivity contribution in [3.8, 4) is 5.95 Å². The monoisotopic (exact) mass is 221 g/mol. The van der Waals surface area contributed by atoms with Crippen molar-refractivity contribution < 1.29 is 0 Å². The molecule has 0 amide bonds. The number of hydrogen-bond donors (Lipinski definition) is 1. The van der Waals surface area contributed by atoms with Gasteiger partial charge in [0.15, 0.2) is 5.82 Å². The van der Waals surface area contributed by atoms with Gasteiger partial charge in [-0.1, -0.05) is 12.2 Å². The molecule has 0 radical (unpaired) electrons. The lowest BCUT2D eigenvalue weighted by molar-refractivity contribution is 0.717. The number of imidazole rings is 2. The third-order valence-corrected chi connectivity index (χ3v) is 2.29. The van der Waals surface area contributed by atoms with E-state index in [0.717, 1.165) is 12.5 Å². The van der Waals surface area contributed by atoms with Crippen LogP contribution in [0, 0.1) is 0 Å². The van der Waals surface area contributed by atoms with Gasteiger partial charge in [-0.05, 0) is 6.92 Å². The van der Waals surface area contributed by atoms with Crippen molar-refractivity contribution in [1.29, 1.82) is 0 Å². The summed E-state index contributed by atoms with van der Waals surface area (Å²) in [6, 6.07) is 0. The normalized spacial score (nSPS) is 10.5.